The lowest BCUT2D eigenvalue weighted by atomic mass is 10.1. The van der Waals surface area contributed by atoms with Gasteiger partial charge in [0.15, 0.2) is 6.04 Å². The SMILES string of the molecule is O=C(O)C1CC(C(=O)N2CCOC(c3ccsc3)C2)=NN1c1ccccc1. The van der Waals surface area contributed by atoms with Gasteiger partial charge in [-0.05, 0) is 34.5 Å². The number of rotatable bonds is 4. The molecule has 1 fully saturated rings. The van der Waals surface area contributed by atoms with Gasteiger partial charge in [-0.25, -0.2) is 4.79 Å². The number of morpholine rings is 1. The molecule has 0 saturated carbocycles. The molecule has 0 spiro atoms. The third-order valence-electron chi connectivity index (χ3n) is 4.73. The van der Waals surface area contributed by atoms with Gasteiger partial charge in [0.1, 0.15) is 11.8 Å². The summed E-state index contributed by atoms with van der Waals surface area (Å²) in [4.78, 5) is 26.4. The van der Waals surface area contributed by atoms with Crippen molar-refractivity contribution in [1.82, 2.24) is 4.90 Å². The molecule has 1 amide bonds. The Balaban J connectivity index is 1.53. The molecule has 2 atom stereocenters. The molecule has 1 saturated heterocycles. The number of para-hydroxylation sites is 1. The van der Waals surface area contributed by atoms with Crippen LogP contribution in [0.3, 0.4) is 0 Å². The zero-order valence-corrected chi connectivity index (χ0v) is 15.3. The molecular weight excluding hydrogens is 366 g/mol. The van der Waals surface area contributed by atoms with E-state index in [1.807, 2.05) is 35.0 Å². The molecular formula is C19H19N3O4S. The first-order valence-electron chi connectivity index (χ1n) is 8.71. The fourth-order valence-electron chi connectivity index (χ4n) is 3.33. The first-order valence-corrected chi connectivity index (χ1v) is 9.65. The Morgan fingerprint density at radius 1 is 1.22 bits per heavy atom. The highest BCUT2D eigenvalue weighted by molar-refractivity contribution is 7.07. The van der Waals surface area contributed by atoms with E-state index in [1.165, 1.54) is 5.01 Å². The summed E-state index contributed by atoms with van der Waals surface area (Å²) in [5, 5.41) is 19.3. The lowest BCUT2D eigenvalue weighted by Gasteiger charge is -2.32. The van der Waals surface area contributed by atoms with Gasteiger partial charge in [0.25, 0.3) is 5.91 Å². The second-order valence-electron chi connectivity index (χ2n) is 6.45. The van der Waals surface area contributed by atoms with Crippen LogP contribution in [0, 0.1) is 0 Å². The Bertz CT molecular complexity index is 853. The Morgan fingerprint density at radius 3 is 2.74 bits per heavy atom. The van der Waals surface area contributed by atoms with E-state index in [1.54, 1.807) is 28.4 Å². The summed E-state index contributed by atoms with van der Waals surface area (Å²) in [6, 6.07) is 10.2. The third kappa shape index (κ3) is 3.58. The van der Waals surface area contributed by atoms with Crippen molar-refractivity contribution in [2.75, 3.05) is 24.7 Å². The normalized spacial score (nSPS) is 22.6. The summed E-state index contributed by atoms with van der Waals surface area (Å²) in [6.45, 7) is 1.36. The molecule has 0 radical (unpaired) electrons. The van der Waals surface area contributed by atoms with Gasteiger partial charge in [-0.3, -0.25) is 9.80 Å². The summed E-state index contributed by atoms with van der Waals surface area (Å²) >= 11 is 1.59. The van der Waals surface area contributed by atoms with Gasteiger partial charge < -0.3 is 14.7 Å². The van der Waals surface area contributed by atoms with Crippen LogP contribution in [0.5, 0.6) is 0 Å². The predicted octanol–water partition coefficient (Wildman–Crippen LogP) is 2.37. The van der Waals surface area contributed by atoms with Crippen LogP contribution < -0.4 is 5.01 Å². The number of benzene rings is 1. The van der Waals surface area contributed by atoms with Crippen LogP contribution in [0.25, 0.3) is 0 Å². The maximum atomic E-state index is 13.0. The van der Waals surface area contributed by atoms with E-state index in [0.29, 0.717) is 25.4 Å². The summed E-state index contributed by atoms with van der Waals surface area (Å²) in [5.74, 6) is -1.22. The summed E-state index contributed by atoms with van der Waals surface area (Å²) < 4.78 is 5.78. The van der Waals surface area contributed by atoms with Crippen molar-refractivity contribution in [1.29, 1.82) is 0 Å². The van der Waals surface area contributed by atoms with E-state index in [2.05, 4.69) is 5.10 Å². The molecule has 0 bridgehead atoms. The van der Waals surface area contributed by atoms with Gasteiger partial charge in [0.2, 0.25) is 0 Å². The minimum Gasteiger partial charge on any atom is -0.480 e. The van der Waals surface area contributed by atoms with E-state index < -0.39 is 12.0 Å². The summed E-state index contributed by atoms with van der Waals surface area (Å²) in [5.41, 5.74) is 1.99. The molecule has 140 valence electrons. The Morgan fingerprint density at radius 2 is 2.04 bits per heavy atom. The lowest BCUT2D eigenvalue weighted by molar-refractivity contribution is -0.138. The minimum atomic E-state index is -0.997. The van der Waals surface area contributed by atoms with Gasteiger partial charge in [-0.1, -0.05) is 18.2 Å². The number of carbonyl (C=O) groups is 2. The molecule has 1 aromatic heterocycles. The van der Waals surface area contributed by atoms with Crippen molar-refractivity contribution >= 4 is 34.6 Å². The van der Waals surface area contributed by atoms with Crippen LogP contribution in [-0.2, 0) is 14.3 Å². The molecule has 8 heteroatoms. The molecule has 1 aromatic carbocycles. The van der Waals surface area contributed by atoms with Crippen LogP contribution in [0.15, 0.2) is 52.3 Å². The number of carboxylic acids is 1. The smallest absolute Gasteiger partial charge is 0.328 e. The monoisotopic (exact) mass is 385 g/mol. The maximum absolute atomic E-state index is 13.0. The number of anilines is 1. The van der Waals surface area contributed by atoms with Crippen molar-refractivity contribution in [2.24, 2.45) is 5.10 Å². The Labute approximate surface area is 160 Å². The third-order valence-corrected chi connectivity index (χ3v) is 5.43. The quantitative estimate of drug-likeness (QED) is 0.874. The molecule has 2 aliphatic heterocycles. The van der Waals surface area contributed by atoms with E-state index in [4.69, 9.17) is 4.74 Å². The summed E-state index contributed by atoms with van der Waals surface area (Å²) in [7, 11) is 0. The van der Waals surface area contributed by atoms with Crippen molar-refractivity contribution in [3.05, 3.63) is 52.7 Å². The van der Waals surface area contributed by atoms with Crippen LogP contribution in [-0.4, -0.2) is 53.3 Å². The number of hydrogen-bond acceptors (Lipinski definition) is 6. The molecule has 2 aliphatic rings. The highest BCUT2D eigenvalue weighted by atomic mass is 32.1. The van der Waals surface area contributed by atoms with Crippen LogP contribution in [0.4, 0.5) is 5.69 Å². The first kappa shape index (κ1) is 17.7. The fraction of sp³-hybridized carbons (Fsp3) is 0.316. The lowest BCUT2D eigenvalue weighted by Crippen LogP contribution is -2.45. The number of aliphatic carboxylic acids is 1. The Kier molecular flexibility index (Phi) is 4.91. The fourth-order valence-corrected chi connectivity index (χ4v) is 4.03. The molecule has 3 heterocycles. The molecule has 2 unspecified atom stereocenters. The molecule has 27 heavy (non-hydrogen) atoms. The van der Waals surface area contributed by atoms with E-state index in [9.17, 15) is 14.7 Å². The zero-order valence-electron chi connectivity index (χ0n) is 14.5. The molecule has 7 nitrogen and oxygen atoms in total. The molecule has 1 N–H and O–H groups in total. The standard InChI is InChI=1S/C19H19N3O4S/c23-18(21-7-8-26-17(11-21)13-6-9-27-12-13)15-10-16(19(24)25)22(20-15)14-4-2-1-3-5-14/h1-6,9,12,16-17H,7-8,10-11H2,(H,24,25). The van der Waals surface area contributed by atoms with Gasteiger partial charge in [0, 0.05) is 13.0 Å². The average Bonchev–Trinajstić information content (AvgIpc) is 3.38. The second kappa shape index (κ2) is 7.50. The number of carbonyl (C=O) groups excluding carboxylic acids is 1. The molecule has 0 aliphatic carbocycles. The topological polar surface area (TPSA) is 82.4 Å². The van der Waals surface area contributed by atoms with E-state index in [-0.39, 0.29) is 24.1 Å². The van der Waals surface area contributed by atoms with Gasteiger partial charge in [0.05, 0.1) is 18.8 Å². The second-order valence-corrected chi connectivity index (χ2v) is 7.23. The predicted molar refractivity (Wildman–Crippen MR) is 102 cm³/mol. The largest absolute Gasteiger partial charge is 0.480 e. The van der Waals surface area contributed by atoms with Crippen molar-refractivity contribution < 1.29 is 19.4 Å². The first-order chi connectivity index (χ1) is 13.1. The van der Waals surface area contributed by atoms with Crippen molar-refractivity contribution in [3.8, 4) is 0 Å². The highest BCUT2D eigenvalue weighted by Gasteiger charge is 2.38. The minimum absolute atomic E-state index is 0.0868. The van der Waals surface area contributed by atoms with Crippen LogP contribution >= 0.6 is 11.3 Å². The number of ether oxygens (including phenoxy) is 1. The van der Waals surface area contributed by atoms with Gasteiger partial charge in [-0.2, -0.15) is 16.4 Å². The van der Waals surface area contributed by atoms with Crippen LogP contribution in [0.2, 0.25) is 0 Å². The highest BCUT2D eigenvalue weighted by Crippen LogP contribution is 2.27. The molecule has 2 aromatic rings. The average molecular weight is 385 g/mol. The van der Waals surface area contributed by atoms with E-state index in [0.717, 1.165) is 5.56 Å². The number of nitrogens with zero attached hydrogens (tertiary/aromatic N) is 3. The van der Waals surface area contributed by atoms with Crippen LogP contribution in [0.1, 0.15) is 18.1 Å². The number of carboxylic acid groups (broad SMARTS) is 1. The number of hydrogen-bond donors (Lipinski definition) is 1. The van der Waals surface area contributed by atoms with Crippen molar-refractivity contribution in [3.63, 3.8) is 0 Å². The Hall–Kier alpha value is -2.71. The maximum Gasteiger partial charge on any atom is 0.328 e. The number of amides is 1. The van der Waals surface area contributed by atoms with Crippen molar-refractivity contribution in [2.45, 2.75) is 18.6 Å². The van der Waals surface area contributed by atoms with E-state index >= 15 is 0 Å². The van der Waals surface area contributed by atoms with Gasteiger partial charge >= 0.3 is 5.97 Å². The zero-order chi connectivity index (χ0) is 18.8. The molecule has 4 rings (SSSR count). The summed E-state index contributed by atoms with van der Waals surface area (Å²) in [6.07, 6.45) is -0.0692. The number of hydrazone groups is 1. The number of thiophene rings is 1. The van der Waals surface area contributed by atoms with Gasteiger partial charge in [-0.15, -0.1) is 0 Å².